The Hall–Kier alpha value is -2.99. The predicted octanol–water partition coefficient (Wildman–Crippen LogP) is 4.32. The van der Waals surface area contributed by atoms with Crippen LogP contribution in [-0.4, -0.2) is 47.2 Å². The summed E-state index contributed by atoms with van der Waals surface area (Å²) in [5.74, 6) is 0.883. The molecule has 1 heterocycles. The Labute approximate surface area is 177 Å². The van der Waals surface area contributed by atoms with Gasteiger partial charge in [-0.15, -0.1) is 10.2 Å². The molecule has 6 nitrogen and oxygen atoms in total. The van der Waals surface area contributed by atoms with Crippen LogP contribution in [0.1, 0.15) is 41.6 Å². The zero-order chi connectivity index (χ0) is 21.1. The number of benzene rings is 2. The zero-order valence-corrected chi connectivity index (χ0v) is 17.8. The van der Waals surface area contributed by atoms with Crippen LogP contribution in [0.5, 0.6) is 0 Å². The van der Waals surface area contributed by atoms with Crippen LogP contribution in [0.2, 0.25) is 0 Å². The number of hydrogen-bond acceptors (Lipinski definition) is 5. The lowest BCUT2D eigenvalue weighted by molar-refractivity contribution is 0.0900. The highest BCUT2D eigenvalue weighted by molar-refractivity contribution is 5.94. The van der Waals surface area contributed by atoms with Gasteiger partial charge in [0.15, 0.2) is 0 Å². The quantitative estimate of drug-likeness (QED) is 0.663. The first kappa shape index (κ1) is 20.3. The molecule has 0 spiro atoms. The third-order valence-corrected chi connectivity index (χ3v) is 6.26. The van der Waals surface area contributed by atoms with E-state index in [0.717, 1.165) is 29.5 Å². The van der Waals surface area contributed by atoms with Gasteiger partial charge in [0.1, 0.15) is 0 Å². The number of hydrogen-bond donors (Lipinski definition) is 1. The summed E-state index contributed by atoms with van der Waals surface area (Å²) in [5, 5.41) is 11.5. The van der Waals surface area contributed by atoms with Gasteiger partial charge in [0.2, 0.25) is 11.8 Å². The normalized spacial score (nSPS) is 15.5. The second-order valence-electron chi connectivity index (χ2n) is 8.31. The van der Waals surface area contributed by atoms with E-state index in [2.05, 4.69) is 34.5 Å². The van der Waals surface area contributed by atoms with E-state index in [1.165, 1.54) is 12.8 Å². The summed E-state index contributed by atoms with van der Waals surface area (Å²) in [6.45, 7) is 2.68. The SMILES string of the molecule is Cc1ccccc1-c1nnc(-c2ccc(C(=O)NCC3(N(C)C)CCCC3)cc2)o1. The lowest BCUT2D eigenvalue weighted by Crippen LogP contribution is -2.50. The van der Waals surface area contributed by atoms with Crippen LogP contribution in [0.25, 0.3) is 22.9 Å². The molecule has 6 heteroatoms. The van der Waals surface area contributed by atoms with Crippen molar-refractivity contribution < 1.29 is 9.21 Å². The van der Waals surface area contributed by atoms with Crippen LogP contribution in [0, 0.1) is 6.92 Å². The molecular weight excluding hydrogens is 376 g/mol. The van der Waals surface area contributed by atoms with Gasteiger partial charge in [-0.2, -0.15) is 0 Å². The molecule has 1 N–H and O–H groups in total. The van der Waals surface area contributed by atoms with Gasteiger partial charge in [-0.3, -0.25) is 4.79 Å². The van der Waals surface area contributed by atoms with E-state index in [1.54, 1.807) is 12.1 Å². The largest absolute Gasteiger partial charge is 0.416 e. The maximum Gasteiger partial charge on any atom is 0.251 e. The fraction of sp³-hybridized carbons (Fsp3) is 0.375. The molecular formula is C24H28N4O2. The van der Waals surface area contributed by atoms with Gasteiger partial charge in [0.05, 0.1) is 0 Å². The van der Waals surface area contributed by atoms with E-state index in [-0.39, 0.29) is 11.4 Å². The van der Waals surface area contributed by atoms with E-state index >= 15 is 0 Å². The molecule has 2 aromatic carbocycles. The molecule has 156 valence electrons. The number of carbonyl (C=O) groups is 1. The average molecular weight is 405 g/mol. The maximum absolute atomic E-state index is 12.7. The van der Waals surface area contributed by atoms with Crippen molar-refractivity contribution in [2.75, 3.05) is 20.6 Å². The van der Waals surface area contributed by atoms with Crippen molar-refractivity contribution in [3.05, 3.63) is 59.7 Å². The molecule has 0 radical (unpaired) electrons. The van der Waals surface area contributed by atoms with Crippen molar-refractivity contribution in [1.29, 1.82) is 0 Å². The van der Waals surface area contributed by atoms with Gasteiger partial charge in [-0.05, 0) is 69.8 Å². The number of aromatic nitrogens is 2. The van der Waals surface area contributed by atoms with Crippen molar-refractivity contribution in [2.24, 2.45) is 0 Å². The molecule has 1 saturated carbocycles. The molecule has 1 aromatic heterocycles. The molecule has 0 aliphatic heterocycles. The number of rotatable bonds is 6. The zero-order valence-electron chi connectivity index (χ0n) is 17.8. The highest BCUT2D eigenvalue weighted by Gasteiger charge is 2.36. The molecule has 30 heavy (non-hydrogen) atoms. The summed E-state index contributed by atoms with van der Waals surface area (Å²) in [5.41, 5.74) is 3.50. The van der Waals surface area contributed by atoms with Crippen LogP contribution in [-0.2, 0) is 0 Å². The van der Waals surface area contributed by atoms with Crippen molar-refractivity contribution in [1.82, 2.24) is 20.4 Å². The number of likely N-dealkylation sites (N-methyl/N-ethyl adjacent to an activating group) is 1. The Morgan fingerprint density at radius 1 is 1.03 bits per heavy atom. The first-order valence-corrected chi connectivity index (χ1v) is 10.4. The Morgan fingerprint density at radius 3 is 2.37 bits per heavy atom. The van der Waals surface area contributed by atoms with Gasteiger partial charge < -0.3 is 14.6 Å². The topological polar surface area (TPSA) is 71.3 Å². The van der Waals surface area contributed by atoms with Crippen molar-refractivity contribution in [2.45, 2.75) is 38.1 Å². The van der Waals surface area contributed by atoms with E-state index < -0.39 is 0 Å². The summed E-state index contributed by atoms with van der Waals surface area (Å²) in [7, 11) is 4.20. The third kappa shape index (κ3) is 4.00. The predicted molar refractivity (Wildman–Crippen MR) is 117 cm³/mol. The minimum atomic E-state index is -0.0548. The van der Waals surface area contributed by atoms with Gasteiger partial charge in [0, 0.05) is 28.8 Å². The highest BCUT2D eigenvalue weighted by Crippen LogP contribution is 2.33. The fourth-order valence-electron chi connectivity index (χ4n) is 4.19. The smallest absolute Gasteiger partial charge is 0.251 e. The summed E-state index contributed by atoms with van der Waals surface area (Å²) in [6, 6.07) is 15.2. The summed E-state index contributed by atoms with van der Waals surface area (Å²) in [6.07, 6.45) is 4.69. The van der Waals surface area contributed by atoms with Crippen molar-refractivity contribution in [3.8, 4) is 22.9 Å². The van der Waals surface area contributed by atoms with Crippen molar-refractivity contribution in [3.63, 3.8) is 0 Å². The van der Waals surface area contributed by atoms with E-state index in [0.29, 0.717) is 23.9 Å². The molecule has 1 aliphatic carbocycles. The molecule has 3 aromatic rings. The number of aryl methyl sites for hydroxylation is 1. The standard InChI is InChI=1S/C24H28N4O2/c1-17-8-4-5-9-20(17)23-27-26-22(30-23)19-12-10-18(11-13-19)21(29)25-16-24(28(2)3)14-6-7-15-24/h4-5,8-13H,6-7,14-16H2,1-3H3,(H,25,29). The second-order valence-corrected chi connectivity index (χ2v) is 8.31. The molecule has 4 rings (SSSR count). The van der Waals surface area contributed by atoms with Crippen LogP contribution >= 0.6 is 0 Å². The molecule has 1 aliphatic rings. The van der Waals surface area contributed by atoms with Gasteiger partial charge in [0.25, 0.3) is 5.91 Å². The Bertz CT molecular complexity index is 1020. The van der Waals surface area contributed by atoms with Crippen LogP contribution in [0.15, 0.2) is 52.9 Å². The maximum atomic E-state index is 12.7. The average Bonchev–Trinajstić information content (AvgIpc) is 3.43. The fourth-order valence-corrected chi connectivity index (χ4v) is 4.19. The Morgan fingerprint density at radius 2 is 1.70 bits per heavy atom. The van der Waals surface area contributed by atoms with E-state index in [9.17, 15) is 4.79 Å². The van der Waals surface area contributed by atoms with Crippen LogP contribution in [0.3, 0.4) is 0 Å². The number of nitrogens with zero attached hydrogens (tertiary/aromatic N) is 3. The molecule has 1 fully saturated rings. The van der Waals surface area contributed by atoms with Crippen LogP contribution in [0.4, 0.5) is 0 Å². The Balaban J connectivity index is 1.44. The summed E-state index contributed by atoms with van der Waals surface area (Å²) in [4.78, 5) is 14.9. The number of nitrogens with one attached hydrogen (secondary N) is 1. The van der Waals surface area contributed by atoms with Crippen LogP contribution < -0.4 is 5.32 Å². The highest BCUT2D eigenvalue weighted by atomic mass is 16.4. The summed E-state index contributed by atoms with van der Waals surface area (Å²) >= 11 is 0. The van der Waals surface area contributed by atoms with Gasteiger partial charge >= 0.3 is 0 Å². The molecule has 0 saturated heterocycles. The van der Waals surface area contributed by atoms with E-state index in [1.807, 2.05) is 43.3 Å². The van der Waals surface area contributed by atoms with Gasteiger partial charge in [-0.25, -0.2) is 0 Å². The third-order valence-electron chi connectivity index (χ3n) is 6.26. The lowest BCUT2D eigenvalue weighted by atomic mass is 9.96. The molecule has 0 bridgehead atoms. The monoisotopic (exact) mass is 404 g/mol. The first-order chi connectivity index (χ1) is 14.5. The second kappa shape index (κ2) is 8.40. The summed E-state index contributed by atoms with van der Waals surface area (Å²) < 4.78 is 5.86. The Kier molecular flexibility index (Phi) is 5.68. The van der Waals surface area contributed by atoms with Gasteiger partial charge in [-0.1, -0.05) is 31.0 Å². The number of carbonyl (C=O) groups excluding carboxylic acids is 1. The van der Waals surface area contributed by atoms with E-state index in [4.69, 9.17) is 4.42 Å². The lowest BCUT2D eigenvalue weighted by Gasteiger charge is -2.36. The minimum absolute atomic E-state index is 0.0548. The molecule has 0 atom stereocenters. The first-order valence-electron chi connectivity index (χ1n) is 10.4. The number of amides is 1. The van der Waals surface area contributed by atoms with Crippen molar-refractivity contribution >= 4 is 5.91 Å². The molecule has 0 unspecified atom stereocenters. The minimum Gasteiger partial charge on any atom is -0.416 e. The molecule has 1 amide bonds.